The standard InChI is InChI=1S/C14H20N2O2/c1-11-9-16(14(17)8-15-2)13(10-18-11)12-6-4-3-5-7-12/h3-7,11,13,15H,8-10H2,1-2H3/t11-,13+/m0/s1. The van der Waals surface area contributed by atoms with E-state index in [4.69, 9.17) is 4.74 Å². The topological polar surface area (TPSA) is 41.6 Å². The zero-order valence-electron chi connectivity index (χ0n) is 10.9. The molecule has 1 aromatic carbocycles. The van der Waals surface area contributed by atoms with Gasteiger partial charge in [0.05, 0.1) is 25.3 Å². The number of rotatable bonds is 3. The van der Waals surface area contributed by atoms with Crippen LogP contribution in [0.25, 0.3) is 0 Å². The van der Waals surface area contributed by atoms with Crippen LogP contribution in [0, 0.1) is 0 Å². The summed E-state index contributed by atoms with van der Waals surface area (Å²) in [5, 5.41) is 2.92. The molecule has 1 aliphatic rings. The van der Waals surface area contributed by atoms with Gasteiger partial charge in [0.25, 0.3) is 0 Å². The van der Waals surface area contributed by atoms with Crippen LogP contribution in [0.2, 0.25) is 0 Å². The Balaban J connectivity index is 2.18. The van der Waals surface area contributed by atoms with Crippen molar-refractivity contribution in [2.45, 2.75) is 19.1 Å². The predicted octanol–water partition coefficient (Wildman–Crippen LogP) is 1.19. The van der Waals surface area contributed by atoms with Crippen LogP contribution in [0.4, 0.5) is 0 Å². The molecular formula is C14H20N2O2. The molecule has 0 aromatic heterocycles. The van der Waals surface area contributed by atoms with Gasteiger partial charge < -0.3 is 15.0 Å². The number of hydrogen-bond acceptors (Lipinski definition) is 3. The summed E-state index contributed by atoms with van der Waals surface area (Å²) in [6.45, 7) is 3.59. The molecule has 1 fully saturated rings. The van der Waals surface area contributed by atoms with Gasteiger partial charge in [-0.15, -0.1) is 0 Å². The van der Waals surface area contributed by atoms with Crippen molar-refractivity contribution < 1.29 is 9.53 Å². The Labute approximate surface area is 108 Å². The first-order chi connectivity index (χ1) is 8.72. The van der Waals surface area contributed by atoms with E-state index in [1.807, 2.05) is 42.2 Å². The first kappa shape index (κ1) is 13.1. The summed E-state index contributed by atoms with van der Waals surface area (Å²) >= 11 is 0. The molecule has 2 atom stereocenters. The van der Waals surface area contributed by atoms with Crippen LogP contribution in [-0.2, 0) is 9.53 Å². The van der Waals surface area contributed by atoms with E-state index in [9.17, 15) is 4.79 Å². The number of morpholine rings is 1. The van der Waals surface area contributed by atoms with Gasteiger partial charge in [-0.3, -0.25) is 4.79 Å². The molecule has 0 saturated carbocycles. The summed E-state index contributed by atoms with van der Waals surface area (Å²) in [5.74, 6) is 0.126. The Morgan fingerprint density at radius 2 is 2.17 bits per heavy atom. The number of hydrogen-bond donors (Lipinski definition) is 1. The lowest BCUT2D eigenvalue weighted by molar-refractivity contribution is -0.143. The Morgan fingerprint density at radius 3 is 2.83 bits per heavy atom. The number of amides is 1. The molecule has 1 heterocycles. The van der Waals surface area contributed by atoms with Gasteiger partial charge in [0.2, 0.25) is 5.91 Å². The quantitative estimate of drug-likeness (QED) is 0.873. The maximum Gasteiger partial charge on any atom is 0.237 e. The lowest BCUT2D eigenvalue weighted by Crippen LogP contribution is -2.49. The molecular weight excluding hydrogens is 228 g/mol. The van der Waals surface area contributed by atoms with Gasteiger partial charge in [0.1, 0.15) is 0 Å². The molecule has 1 N–H and O–H groups in total. The average molecular weight is 248 g/mol. The number of carbonyl (C=O) groups excluding carboxylic acids is 1. The van der Waals surface area contributed by atoms with Crippen LogP contribution >= 0.6 is 0 Å². The van der Waals surface area contributed by atoms with E-state index in [0.717, 1.165) is 5.56 Å². The number of likely N-dealkylation sites (N-methyl/N-ethyl adjacent to an activating group) is 1. The SMILES string of the molecule is CNCC(=O)N1C[C@H](C)OC[C@@H]1c1ccccc1. The minimum absolute atomic E-state index is 0.0308. The number of nitrogens with one attached hydrogen (secondary N) is 1. The third kappa shape index (κ3) is 2.89. The highest BCUT2D eigenvalue weighted by Gasteiger charge is 2.30. The summed E-state index contributed by atoms with van der Waals surface area (Å²) in [4.78, 5) is 14.1. The third-order valence-electron chi connectivity index (χ3n) is 3.20. The highest BCUT2D eigenvalue weighted by molar-refractivity contribution is 5.79. The van der Waals surface area contributed by atoms with E-state index in [1.54, 1.807) is 7.05 Å². The number of carbonyl (C=O) groups is 1. The van der Waals surface area contributed by atoms with Crippen molar-refractivity contribution >= 4 is 5.91 Å². The molecule has 0 unspecified atom stereocenters. The molecule has 4 heteroatoms. The monoisotopic (exact) mass is 248 g/mol. The van der Waals surface area contributed by atoms with Crippen molar-refractivity contribution in [3.8, 4) is 0 Å². The Hall–Kier alpha value is -1.39. The number of nitrogens with zero attached hydrogens (tertiary/aromatic N) is 1. The van der Waals surface area contributed by atoms with Gasteiger partial charge in [-0.1, -0.05) is 30.3 Å². The zero-order valence-corrected chi connectivity index (χ0v) is 10.9. The summed E-state index contributed by atoms with van der Waals surface area (Å²) in [7, 11) is 1.79. The molecule has 1 saturated heterocycles. The van der Waals surface area contributed by atoms with Gasteiger partial charge in [-0.05, 0) is 19.5 Å². The van der Waals surface area contributed by atoms with Gasteiger partial charge in [0, 0.05) is 6.54 Å². The Bertz CT molecular complexity index is 394. The molecule has 2 rings (SSSR count). The largest absolute Gasteiger partial charge is 0.374 e. The average Bonchev–Trinajstić information content (AvgIpc) is 2.40. The van der Waals surface area contributed by atoms with E-state index in [-0.39, 0.29) is 18.1 Å². The molecule has 1 aliphatic heterocycles. The van der Waals surface area contributed by atoms with Crippen LogP contribution in [-0.4, -0.2) is 43.7 Å². The van der Waals surface area contributed by atoms with Gasteiger partial charge >= 0.3 is 0 Å². The summed E-state index contributed by atoms with van der Waals surface area (Å²) < 4.78 is 5.69. The zero-order chi connectivity index (χ0) is 13.0. The molecule has 1 amide bonds. The van der Waals surface area contributed by atoms with Crippen LogP contribution in [0.15, 0.2) is 30.3 Å². The number of ether oxygens (including phenoxy) is 1. The predicted molar refractivity (Wildman–Crippen MR) is 70.2 cm³/mol. The van der Waals surface area contributed by atoms with Crippen LogP contribution < -0.4 is 5.32 Å². The first-order valence-corrected chi connectivity index (χ1v) is 6.33. The molecule has 4 nitrogen and oxygen atoms in total. The molecule has 98 valence electrons. The maximum atomic E-state index is 12.1. The van der Waals surface area contributed by atoms with Gasteiger partial charge in [-0.25, -0.2) is 0 Å². The fourth-order valence-corrected chi connectivity index (χ4v) is 2.28. The lowest BCUT2D eigenvalue weighted by Gasteiger charge is -2.39. The summed E-state index contributed by atoms with van der Waals surface area (Å²) in [6, 6.07) is 10.1. The second-order valence-corrected chi connectivity index (χ2v) is 4.65. The second kappa shape index (κ2) is 5.98. The van der Waals surface area contributed by atoms with E-state index >= 15 is 0 Å². The minimum atomic E-state index is 0.0308. The summed E-state index contributed by atoms with van der Waals surface area (Å²) in [6.07, 6.45) is 0.103. The molecule has 0 aliphatic carbocycles. The van der Waals surface area contributed by atoms with Crippen LogP contribution in [0.5, 0.6) is 0 Å². The first-order valence-electron chi connectivity index (χ1n) is 6.33. The lowest BCUT2D eigenvalue weighted by atomic mass is 10.0. The van der Waals surface area contributed by atoms with Crippen molar-refractivity contribution in [2.24, 2.45) is 0 Å². The highest BCUT2D eigenvalue weighted by Crippen LogP contribution is 2.25. The number of benzene rings is 1. The second-order valence-electron chi connectivity index (χ2n) is 4.65. The molecule has 0 bridgehead atoms. The highest BCUT2D eigenvalue weighted by atomic mass is 16.5. The smallest absolute Gasteiger partial charge is 0.237 e. The minimum Gasteiger partial charge on any atom is -0.374 e. The molecule has 1 aromatic rings. The van der Waals surface area contributed by atoms with Crippen molar-refractivity contribution in [1.82, 2.24) is 10.2 Å². The van der Waals surface area contributed by atoms with Crippen molar-refractivity contribution in [3.63, 3.8) is 0 Å². The fraction of sp³-hybridized carbons (Fsp3) is 0.500. The maximum absolute atomic E-state index is 12.1. The molecule has 0 spiro atoms. The van der Waals surface area contributed by atoms with Gasteiger partial charge in [-0.2, -0.15) is 0 Å². The Kier molecular flexibility index (Phi) is 4.33. The normalized spacial score (nSPS) is 24.0. The van der Waals surface area contributed by atoms with E-state index in [2.05, 4.69) is 5.32 Å². The Morgan fingerprint density at radius 1 is 1.44 bits per heavy atom. The van der Waals surface area contributed by atoms with Crippen LogP contribution in [0.1, 0.15) is 18.5 Å². The van der Waals surface area contributed by atoms with Gasteiger partial charge in [0.15, 0.2) is 0 Å². The van der Waals surface area contributed by atoms with Crippen molar-refractivity contribution in [3.05, 3.63) is 35.9 Å². The molecule has 0 radical (unpaired) electrons. The van der Waals surface area contributed by atoms with Crippen LogP contribution in [0.3, 0.4) is 0 Å². The van der Waals surface area contributed by atoms with Crippen molar-refractivity contribution in [2.75, 3.05) is 26.7 Å². The molecule has 18 heavy (non-hydrogen) atoms. The van der Waals surface area contributed by atoms with E-state index < -0.39 is 0 Å². The fourth-order valence-electron chi connectivity index (χ4n) is 2.28. The third-order valence-corrected chi connectivity index (χ3v) is 3.20. The van der Waals surface area contributed by atoms with E-state index in [0.29, 0.717) is 19.7 Å². The summed E-state index contributed by atoms with van der Waals surface area (Å²) in [5.41, 5.74) is 1.13. The van der Waals surface area contributed by atoms with E-state index in [1.165, 1.54) is 0 Å². The van der Waals surface area contributed by atoms with Crippen molar-refractivity contribution in [1.29, 1.82) is 0 Å².